The molecular weight excluding hydrogens is 352 g/mol. The summed E-state index contributed by atoms with van der Waals surface area (Å²) in [5.74, 6) is 0.588. The van der Waals surface area contributed by atoms with Crippen molar-refractivity contribution in [2.75, 3.05) is 6.54 Å². The third kappa shape index (κ3) is 4.08. The molecule has 134 valence electrons. The summed E-state index contributed by atoms with van der Waals surface area (Å²) in [6, 6.07) is 10.9. The third-order valence-electron chi connectivity index (χ3n) is 3.84. The second-order valence-corrected chi connectivity index (χ2v) is 6.30. The van der Waals surface area contributed by atoms with Crippen LogP contribution in [0.1, 0.15) is 35.3 Å². The zero-order valence-corrected chi connectivity index (χ0v) is 15.4. The Morgan fingerprint density at radius 3 is 2.69 bits per heavy atom. The molecule has 6 nitrogen and oxygen atoms in total. The Morgan fingerprint density at radius 2 is 2.00 bits per heavy atom. The van der Waals surface area contributed by atoms with Gasteiger partial charge in [-0.1, -0.05) is 30.7 Å². The van der Waals surface area contributed by atoms with E-state index in [-0.39, 0.29) is 12.5 Å². The van der Waals surface area contributed by atoms with Gasteiger partial charge in [0.05, 0.1) is 22.7 Å². The summed E-state index contributed by atoms with van der Waals surface area (Å²) in [7, 11) is 0. The van der Waals surface area contributed by atoms with Crippen molar-refractivity contribution in [3.05, 3.63) is 64.8 Å². The van der Waals surface area contributed by atoms with E-state index in [1.807, 2.05) is 38.1 Å². The van der Waals surface area contributed by atoms with Gasteiger partial charge in [-0.25, -0.2) is 0 Å². The number of carbonyl (C=O) groups excluding carboxylic acids is 1. The second-order valence-electron chi connectivity index (χ2n) is 5.90. The first-order valence-corrected chi connectivity index (χ1v) is 8.75. The number of halogens is 1. The molecule has 26 heavy (non-hydrogen) atoms. The normalized spacial score (nSPS) is 10.7. The van der Waals surface area contributed by atoms with E-state index in [1.54, 1.807) is 23.2 Å². The van der Waals surface area contributed by atoms with Crippen LogP contribution in [0.2, 0.25) is 5.02 Å². The van der Waals surface area contributed by atoms with Crippen LogP contribution in [0, 0.1) is 6.92 Å². The highest BCUT2D eigenvalue weighted by Crippen LogP contribution is 2.26. The van der Waals surface area contributed by atoms with Crippen LogP contribution in [-0.2, 0) is 6.54 Å². The highest BCUT2D eigenvalue weighted by atomic mass is 35.5. The van der Waals surface area contributed by atoms with Gasteiger partial charge in [0.1, 0.15) is 0 Å². The molecule has 7 heteroatoms. The molecule has 1 amide bonds. The van der Waals surface area contributed by atoms with Crippen LogP contribution in [0.5, 0.6) is 0 Å². The van der Waals surface area contributed by atoms with Crippen molar-refractivity contribution in [2.45, 2.75) is 26.8 Å². The number of hydrogen-bond acceptors (Lipinski definition) is 5. The summed E-state index contributed by atoms with van der Waals surface area (Å²) in [4.78, 5) is 18.6. The summed E-state index contributed by atoms with van der Waals surface area (Å²) < 4.78 is 5.72. The molecule has 0 atom stereocenters. The SMILES string of the molecule is CCCN(Cc1nnc(-c2ccccc2Cl)o1)C(=O)c1ccc(C)nc1. The molecule has 0 aliphatic carbocycles. The fraction of sp³-hybridized carbons (Fsp3) is 0.263. The van der Waals surface area contributed by atoms with E-state index in [0.717, 1.165) is 12.1 Å². The lowest BCUT2D eigenvalue weighted by atomic mass is 10.2. The van der Waals surface area contributed by atoms with Crippen LogP contribution >= 0.6 is 11.6 Å². The van der Waals surface area contributed by atoms with Crippen LogP contribution in [0.3, 0.4) is 0 Å². The number of aromatic nitrogens is 3. The Kier molecular flexibility index (Phi) is 5.63. The van der Waals surface area contributed by atoms with Gasteiger partial charge in [-0.2, -0.15) is 0 Å². The van der Waals surface area contributed by atoms with Gasteiger partial charge in [-0.3, -0.25) is 9.78 Å². The molecule has 0 aliphatic rings. The maximum atomic E-state index is 12.8. The fourth-order valence-corrected chi connectivity index (χ4v) is 2.74. The molecule has 1 aromatic carbocycles. The maximum Gasteiger partial charge on any atom is 0.255 e. The molecule has 0 spiro atoms. The zero-order chi connectivity index (χ0) is 18.5. The molecule has 0 N–H and O–H groups in total. The standard InChI is InChI=1S/C19H19ClN4O2/c1-3-10-24(19(25)14-9-8-13(2)21-11-14)12-17-22-23-18(26-17)15-6-4-5-7-16(15)20/h4-9,11H,3,10,12H2,1-2H3. The predicted octanol–water partition coefficient (Wildman–Crippen LogP) is 4.15. The first kappa shape index (κ1) is 18.1. The molecule has 0 unspecified atom stereocenters. The highest BCUT2D eigenvalue weighted by molar-refractivity contribution is 6.33. The number of aryl methyl sites for hydroxylation is 1. The van der Waals surface area contributed by atoms with Crippen LogP contribution in [0.15, 0.2) is 47.0 Å². The minimum Gasteiger partial charge on any atom is -0.419 e. The molecular formula is C19H19ClN4O2. The smallest absolute Gasteiger partial charge is 0.255 e. The molecule has 2 heterocycles. The number of hydrogen-bond donors (Lipinski definition) is 0. The third-order valence-corrected chi connectivity index (χ3v) is 4.17. The molecule has 2 aromatic heterocycles. The Labute approximate surface area is 156 Å². The monoisotopic (exact) mass is 370 g/mol. The maximum absolute atomic E-state index is 12.8. The van der Waals surface area contributed by atoms with Crippen molar-refractivity contribution < 1.29 is 9.21 Å². The predicted molar refractivity (Wildman–Crippen MR) is 98.7 cm³/mol. The first-order valence-electron chi connectivity index (χ1n) is 8.37. The van der Waals surface area contributed by atoms with E-state index in [4.69, 9.17) is 16.0 Å². The van der Waals surface area contributed by atoms with Crippen LogP contribution in [0.25, 0.3) is 11.5 Å². The number of nitrogens with zero attached hydrogens (tertiary/aromatic N) is 4. The van der Waals surface area contributed by atoms with Gasteiger partial charge in [0.15, 0.2) is 0 Å². The molecule has 0 fully saturated rings. The summed E-state index contributed by atoms with van der Waals surface area (Å²) in [6.07, 6.45) is 2.40. The van der Waals surface area contributed by atoms with E-state index < -0.39 is 0 Å². The van der Waals surface area contributed by atoms with Gasteiger partial charge < -0.3 is 9.32 Å². The van der Waals surface area contributed by atoms with Crippen LogP contribution in [-0.4, -0.2) is 32.5 Å². The lowest BCUT2D eigenvalue weighted by Gasteiger charge is -2.20. The summed E-state index contributed by atoms with van der Waals surface area (Å²) >= 11 is 6.17. The quantitative estimate of drug-likeness (QED) is 0.651. The lowest BCUT2D eigenvalue weighted by molar-refractivity contribution is 0.0728. The van der Waals surface area contributed by atoms with E-state index >= 15 is 0 Å². The number of amides is 1. The molecule has 0 bridgehead atoms. The Hall–Kier alpha value is -2.73. The van der Waals surface area contributed by atoms with Crippen molar-refractivity contribution in [1.29, 1.82) is 0 Å². The van der Waals surface area contributed by atoms with Gasteiger partial charge in [0, 0.05) is 18.4 Å². The summed E-state index contributed by atoms with van der Waals surface area (Å²) in [5, 5.41) is 8.65. The molecule has 3 rings (SSSR count). The summed E-state index contributed by atoms with van der Waals surface area (Å²) in [5.41, 5.74) is 2.07. The van der Waals surface area contributed by atoms with Crippen molar-refractivity contribution in [3.63, 3.8) is 0 Å². The van der Waals surface area contributed by atoms with Crippen LogP contribution < -0.4 is 0 Å². The van der Waals surface area contributed by atoms with E-state index in [2.05, 4.69) is 15.2 Å². The van der Waals surface area contributed by atoms with E-state index in [1.165, 1.54) is 0 Å². The zero-order valence-electron chi connectivity index (χ0n) is 14.6. The molecule has 0 saturated carbocycles. The van der Waals surface area contributed by atoms with Gasteiger partial charge >= 0.3 is 0 Å². The molecule has 0 aliphatic heterocycles. The average molecular weight is 371 g/mol. The Bertz CT molecular complexity index is 893. The largest absolute Gasteiger partial charge is 0.419 e. The topological polar surface area (TPSA) is 72.1 Å². The Balaban J connectivity index is 1.79. The first-order chi connectivity index (χ1) is 12.6. The van der Waals surface area contributed by atoms with E-state index in [0.29, 0.717) is 34.5 Å². The fourth-order valence-electron chi connectivity index (χ4n) is 2.52. The number of rotatable bonds is 6. The Morgan fingerprint density at radius 1 is 1.19 bits per heavy atom. The highest BCUT2D eigenvalue weighted by Gasteiger charge is 2.19. The summed E-state index contributed by atoms with van der Waals surface area (Å²) in [6.45, 7) is 4.71. The van der Waals surface area contributed by atoms with Gasteiger partial charge in [-0.15, -0.1) is 10.2 Å². The van der Waals surface area contributed by atoms with Crippen LogP contribution in [0.4, 0.5) is 0 Å². The number of benzene rings is 1. The minimum atomic E-state index is -0.114. The van der Waals surface area contributed by atoms with Crippen molar-refractivity contribution >= 4 is 17.5 Å². The average Bonchev–Trinajstić information content (AvgIpc) is 3.10. The van der Waals surface area contributed by atoms with Crippen molar-refractivity contribution in [3.8, 4) is 11.5 Å². The van der Waals surface area contributed by atoms with Gasteiger partial charge in [-0.05, 0) is 37.6 Å². The van der Waals surface area contributed by atoms with Crippen molar-refractivity contribution in [1.82, 2.24) is 20.1 Å². The molecule has 3 aromatic rings. The molecule has 0 radical (unpaired) electrons. The number of carbonyl (C=O) groups is 1. The number of pyridine rings is 1. The van der Waals surface area contributed by atoms with Gasteiger partial charge in [0.25, 0.3) is 5.91 Å². The van der Waals surface area contributed by atoms with Gasteiger partial charge in [0.2, 0.25) is 11.8 Å². The van der Waals surface area contributed by atoms with E-state index in [9.17, 15) is 4.79 Å². The van der Waals surface area contributed by atoms with Crippen molar-refractivity contribution in [2.24, 2.45) is 0 Å². The second kappa shape index (κ2) is 8.10. The lowest BCUT2D eigenvalue weighted by Crippen LogP contribution is -2.31. The minimum absolute atomic E-state index is 0.114. The molecule has 0 saturated heterocycles.